The molecule has 0 fully saturated rings. The monoisotopic (exact) mass is 520 g/mol. The average Bonchev–Trinajstić information content (AvgIpc) is 3.43. The van der Waals surface area contributed by atoms with Gasteiger partial charge in [0.1, 0.15) is 11.2 Å². The average molecular weight is 521 g/mol. The molecule has 0 N–H and O–H groups in total. The van der Waals surface area contributed by atoms with Crippen LogP contribution in [0.15, 0.2) is 150 Å². The van der Waals surface area contributed by atoms with Gasteiger partial charge in [0.25, 0.3) is 0 Å². The number of fused-ring (bicyclic) bond motifs is 9. The van der Waals surface area contributed by atoms with Gasteiger partial charge in [-0.1, -0.05) is 115 Å². The molecule has 1 nitrogen and oxygen atoms in total. The van der Waals surface area contributed by atoms with E-state index in [1.807, 2.05) is 6.07 Å². The molecule has 0 atom stereocenters. The van der Waals surface area contributed by atoms with Crippen LogP contribution >= 0.6 is 0 Å². The van der Waals surface area contributed by atoms with Gasteiger partial charge < -0.3 is 4.42 Å². The maximum Gasteiger partial charge on any atom is 0.136 e. The van der Waals surface area contributed by atoms with E-state index in [2.05, 4.69) is 140 Å². The molecule has 190 valence electrons. The second-order valence-electron chi connectivity index (χ2n) is 10.9. The largest absolute Gasteiger partial charge is 0.456 e. The first-order chi connectivity index (χ1) is 20.3. The van der Waals surface area contributed by atoms with E-state index in [9.17, 15) is 0 Å². The third kappa shape index (κ3) is 3.30. The summed E-state index contributed by atoms with van der Waals surface area (Å²) in [6.45, 7) is 0. The van der Waals surface area contributed by atoms with E-state index in [-0.39, 0.29) is 0 Å². The zero-order valence-corrected chi connectivity index (χ0v) is 22.3. The van der Waals surface area contributed by atoms with Crippen molar-refractivity contribution in [2.75, 3.05) is 0 Å². The number of para-hydroxylation sites is 1. The molecule has 1 aromatic heterocycles. The van der Waals surface area contributed by atoms with Crippen LogP contribution in [-0.4, -0.2) is 0 Å². The summed E-state index contributed by atoms with van der Waals surface area (Å²) in [5.74, 6) is 0. The zero-order chi connectivity index (χ0) is 26.9. The van der Waals surface area contributed by atoms with Gasteiger partial charge in [-0.2, -0.15) is 0 Å². The molecule has 0 spiro atoms. The van der Waals surface area contributed by atoms with Crippen LogP contribution in [-0.2, 0) is 0 Å². The fourth-order valence-corrected chi connectivity index (χ4v) is 6.80. The van der Waals surface area contributed by atoms with Crippen molar-refractivity contribution in [3.05, 3.63) is 146 Å². The molecule has 9 rings (SSSR count). The lowest BCUT2D eigenvalue weighted by atomic mass is 9.86. The molecule has 0 radical (unpaired) electrons. The Morgan fingerprint density at radius 2 is 0.927 bits per heavy atom. The van der Waals surface area contributed by atoms with Gasteiger partial charge in [-0.05, 0) is 95.7 Å². The fourth-order valence-electron chi connectivity index (χ4n) is 6.80. The lowest BCUT2D eigenvalue weighted by Crippen LogP contribution is -1.89. The van der Waals surface area contributed by atoms with Crippen LogP contribution < -0.4 is 0 Å². The smallest absolute Gasteiger partial charge is 0.136 e. The van der Waals surface area contributed by atoms with Gasteiger partial charge in [0.05, 0.1) is 0 Å². The summed E-state index contributed by atoms with van der Waals surface area (Å²) in [7, 11) is 0. The Kier molecular flexibility index (Phi) is 4.67. The van der Waals surface area contributed by atoms with Gasteiger partial charge in [0, 0.05) is 10.8 Å². The summed E-state index contributed by atoms with van der Waals surface area (Å²) in [5, 5.41) is 12.5. The van der Waals surface area contributed by atoms with Crippen molar-refractivity contribution in [2.24, 2.45) is 0 Å². The number of benzene rings is 8. The van der Waals surface area contributed by atoms with Crippen molar-refractivity contribution in [2.45, 2.75) is 0 Å². The minimum atomic E-state index is 0.920. The standard InChI is InChI=1S/C40H24O/c1-2-11-26-22-27(21-20-25(26)10-1)35-23-28-24-36(33-17-9-19-38-40(33)34-16-7-8-18-37(34)41-38)30-13-4-6-15-32(30)39(28)31-14-5-3-12-29(31)35/h1-24H. The summed E-state index contributed by atoms with van der Waals surface area (Å²) >= 11 is 0. The molecule has 0 saturated heterocycles. The van der Waals surface area contributed by atoms with Gasteiger partial charge in [-0.25, -0.2) is 0 Å². The number of furan rings is 1. The predicted molar refractivity (Wildman–Crippen MR) is 175 cm³/mol. The molecule has 0 amide bonds. The SMILES string of the molecule is c1ccc2cc(-c3cc4cc(-c5cccc6oc7ccccc7c56)c5ccccc5c4c4ccccc34)ccc2c1. The Balaban J connectivity index is 1.42. The van der Waals surface area contributed by atoms with Gasteiger partial charge in [-0.3, -0.25) is 0 Å². The van der Waals surface area contributed by atoms with Crippen molar-refractivity contribution in [3.8, 4) is 22.3 Å². The Labute approximate surface area is 236 Å². The minimum absolute atomic E-state index is 0.920. The molecular weight excluding hydrogens is 496 g/mol. The molecule has 8 aromatic carbocycles. The van der Waals surface area contributed by atoms with E-state index < -0.39 is 0 Å². The Hall–Kier alpha value is -5.40. The van der Waals surface area contributed by atoms with Gasteiger partial charge in [0.15, 0.2) is 0 Å². The predicted octanol–water partition coefficient (Wildman–Crippen LogP) is 11.5. The maximum atomic E-state index is 6.28. The van der Waals surface area contributed by atoms with Crippen molar-refractivity contribution < 1.29 is 4.42 Å². The normalized spacial score (nSPS) is 11.9. The van der Waals surface area contributed by atoms with Crippen LogP contribution in [0, 0.1) is 0 Å². The van der Waals surface area contributed by atoms with Crippen molar-refractivity contribution in [1.82, 2.24) is 0 Å². The van der Waals surface area contributed by atoms with Crippen LogP contribution in [0.2, 0.25) is 0 Å². The third-order valence-corrected chi connectivity index (χ3v) is 8.61. The summed E-state index contributed by atoms with van der Waals surface area (Å²) in [5.41, 5.74) is 6.76. The van der Waals surface area contributed by atoms with Gasteiger partial charge in [-0.15, -0.1) is 0 Å². The summed E-state index contributed by atoms with van der Waals surface area (Å²) in [4.78, 5) is 0. The van der Waals surface area contributed by atoms with Crippen molar-refractivity contribution in [3.63, 3.8) is 0 Å². The quantitative estimate of drug-likeness (QED) is 0.207. The van der Waals surface area contributed by atoms with Crippen LogP contribution in [0.25, 0.3) is 87.3 Å². The molecule has 0 aliphatic carbocycles. The van der Waals surface area contributed by atoms with Crippen LogP contribution in [0.5, 0.6) is 0 Å². The highest BCUT2D eigenvalue weighted by molar-refractivity contribution is 6.27. The highest BCUT2D eigenvalue weighted by Crippen LogP contribution is 2.44. The van der Waals surface area contributed by atoms with Gasteiger partial charge in [0.2, 0.25) is 0 Å². The number of rotatable bonds is 2. The van der Waals surface area contributed by atoms with E-state index in [0.29, 0.717) is 0 Å². The van der Waals surface area contributed by atoms with E-state index in [0.717, 1.165) is 16.6 Å². The van der Waals surface area contributed by atoms with Crippen molar-refractivity contribution >= 4 is 65.0 Å². The second-order valence-corrected chi connectivity index (χ2v) is 10.9. The fraction of sp³-hybridized carbons (Fsp3) is 0. The third-order valence-electron chi connectivity index (χ3n) is 8.61. The summed E-state index contributed by atoms with van der Waals surface area (Å²) in [6, 6.07) is 52.7. The molecule has 0 aliphatic rings. The van der Waals surface area contributed by atoms with E-state index in [1.165, 1.54) is 70.7 Å². The molecule has 0 bridgehead atoms. The Morgan fingerprint density at radius 3 is 1.73 bits per heavy atom. The molecule has 1 heteroatoms. The molecular formula is C40H24O. The van der Waals surface area contributed by atoms with Gasteiger partial charge >= 0.3 is 0 Å². The van der Waals surface area contributed by atoms with E-state index >= 15 is 0 Å². The molecule has 9 aromatic rings. The summed E-state index contributed by atoms with van der Waals surface area (Å²) in [6.07, 6.45) is 0. The van der Waals surface area contributed by atoms with E-state index in [4.69, 9.17) is 4.42 Å². The molecule has 41 heavy (non-hydrogen) atoms. The summed E-state index contributed by atoms with van der Waals surface area (Å²) < 4.78 is 6.28. The highest BCUT2D eigenvalue weighted by atomic mass is 16.3. The Morgan fingerprint density at radius 1 is 0.317 bits per heavy atom. The van der Waals surface area contributed by atoms with Crippen LogP contribution in [0.3, 0.4) is 0 Å². The minimum Gasteiger partial charge on any atom is -0.456 e. The molecule has 0 unspecified atom stereocenters. The van der Waals surface area contributed by atoms with Crippen LogP contribution in [0.1, 0.15) is 0 Å². The lowest BCUT2D eigenvalue weighted by molar-refractivity contribution is 0.669. The van der Waals surface area contributed by atoms with Crippen molar-refractivity contribution in [1.29, 1.82) is 0 Å². The first-order valence-electron chi connectivity index (χ1n) is 14.1. The molecule has 0 aliphatic heterocycles. The van der Waals surface area contributed by atoms with E-state index in [1.54, 1.807) is 0 Å². The highest BCUT2D eigenvalue weighted by Gasteiger charge is 2.18. The van der Waals surface area contributed by atoms with Crippen LogP contribution in [0.4, 0.5) is 0 Å². The number of hydrogen-bond donors (Lipinski definition) is 0. The first-order valence-corrected chi connectivity index (χ1v) is 14.1. The zero-order valence-electron chi connectivity index (χ0n) is 22.3. The second kappa shape index (κ2) is 8.55. The molecule has 0 saturated carbocycles. The first kappa shape index (κ1) is 22.4. The Bertz CT molecular complexity index is 2480. The maximum absolute atomic E-state index is 6.28. The number of hydrogen-bond acceptors (Lipinski definition) is 1. The molecule has 1 heterocycles. The topological polar surface area (TPSA) is 13.1 Å². The lowest BCUT2D eigenvalue weighted by Gasteiger charge is -2.17.